The van der Waals surface area contributed by atoms with Gasteiger partial charge in [0.2, 0.25) is 5.91 Å². The molecular formula is C22H22FN3O3. The topological polar surface area (TPSA) is 74.4 Å². The highest BCUT2D eigenvalue weighted by Gasteiger charge is 2.21. The number of aromatic amines is 1. The predicted octanol–water partition coefficient (Wildman–Crippen LogP) is 2.78. The number of para-hydroxylation sites is 1. The van der Waals surface area contributed by atoms with Crippen molar-refractivity contribution >= 4 is 22.7 Å². The number of aromatic nitrogens is 1. The fraction of sp³-hybridized carbons (Fsp3) is 0.273. The molecule has 0 spiro atoms. The van der Waals surface area contributed by atoms with Crippen molar-refractivity contribution in [1.82, 2.24) is 15.2 Å². The Hall–Kier alpha value is -3.35. The number of benzene rings is 2. The van der Waals surface area contributed by atoms with E-state index in [0.29, 0.717) is 37.2 Å². The lowest BCUT2D eigenvalue weighted by Crippen LogP contribution is -2.39. The molecule has 0 saturated heterocycles. The first-order valence-corrected chi connectivity index (χ1v) is 9.61. The largest absolute Gasteiger partial charge is 0.483 e. The van der Waals surface area contributed by atoms with E-state index >= 15 is 0 Å². The molecule has 4 rings (SSSR count). The van der Waals surface area contributed by atoms with Gasteiger partial charge in [0.05, 0.1) is 0 Å². The molecule has 0 fully saturated rings. The number of H-pyrrole nitrogens is 1. The summed E-state index contributed by atoms with van der Waals surface area (Å²) in [6.07, 6.45) is 2.94. The third-order valence-corrected chi connectivity index (χ3v) is 5.09. The summed E-state index contributed by atoms with van der Waals surface area (Å²) in [5, 5.41) is 3.99. The number of fused-ring (bicyclic) bond motifs is 2. The minimum absolute atomic E-state index is 0.0692. The van der Waals surface area contributed by atoms with Gasteiger partial charge in [-0.05, 0) is 36.2 Å². The number of nitrogens with zero attached hydrogens (tertiary/aromatic N) is 1. The van der Waals surface area contributed by atoms with E-state index < -0.39 is 0 Å². The van der Waals surface area contributed by atoms with Crippen LogP contribution in [-0.2, 0) is 22.6 Å². The molecule has 7 heteroatoms. The van der Waals surface area contributed by atoms with Crippen LogP contribution in [0.25, 0.3) is 10.9 Å². The molecule has 6 nitrogen and oxygen atoms in total. The van der Waals surface area contributed by atoms with Gasteiger partial charge in [-0.25, -0.2) is 4.39 Å². The van der Waals surface area contributed by atoms with Crippen molar-refractivity contribution in [2.24, 2.45) is 0 Å². The molecule has 1 aliphatic heterocycles. The summed E-state index contributed by atoms with van der Waals surface area (Å²) in [5.74, 6) is -0.104. The van der Waals surface area contributed by atoms with E-state index in [-0.39, 0.29) is 30.8 Å². The zero-order chi connectivity index (χ0) is 20.2. The standard InChI is InChI=1S/C22H22FN3O3/c23-17-6-7-20-16(11-17)13-26(22(28)14-29-20)10-9-24-21(27)8-5-15-12-25-19-4-2-1-3-18(15)19/h1-4,6-7,11-12,25H,5,8-10,13-14H2,(H,24,27). The SMILES string of the molecule is O=C(CCc1c[nH]c2ccccc12)NCCN1Cc2cc(F)ccc2OCC1=O. The Morgan fingerprint density at radius 1 is 1.24 bits per heavy atom. The Balaban J connectivity index is 1.28. The van der Waals surface area contributed by atoms with Crippen molar-refractivity contribution in [2.45, 2.75) is 19.4 Å². The van der Waals surface area contributed by atoms with Crippen molar-refractivity contribution in [1.29, 1.82) is 0 Å². The van der Waals surface area contributed by atoms with Crippen molar-refractivity contribution in [3.8, 4) is 5.75 Å². The summed E-state index contributed by atoms with van der Waals surface area (Å²) in [5.41, 5.74) is 2.79. The average Bonchev–Trinajstić information content (AvgIpc) is 3.06. The molecule has 150 valence electrons. The summed E-state index contributed by atoms with van der Waals surface area (Å²) in [4.78, 5) is 29.2. The number of aryl methyl sites for hydroxylation is 1. The third-order valence-electron chi connectivity index (χ3n) is 5.09. The summed E-state index contributed by atoms with van der Waals surface area (Å²) in [7, 11) is 0. The van der Waals surface area contributed by atoms with Gasteiger partial charge in [-0.15, -0.1) is 0 Å². The van der Waals surface area contributed by atoms with Gasteiger partial charge in [0.15, 0.2) is 6.61 Å². The lowest BCUT2D eigenvalue weighted by molar-refractivity contribution is -0.133. The van der Waals surface area contributed by atoms with Crippen LogP contribution in [0.4, 0.5) is 4.39 Å². The Morgan fingerprint density at radius 2 is 2.10 bits per heavy atom. The van der Waals surface area contributed by atoms with Crippen LogP contribution in [0.3, 0.4) is 0 Å². The van der Waals surface area contributed by atoms with E-state index in [4.69, 9.17) is 4.74 Å². The zero-order valence-electron chi connectivity index (χ0n) is 15.9. The number of ether oxygens (including phenoxy) is 1. The van der Waals surface area contributed by atoms with Crippen molar-refractivity contribution < 1.29 is 18.7 Å². The van der Waals surface area contributed by atoms with Crippen LogP contribution in [-0.4, -0.2) is 41.4 Å². The van der Waals surface area contributed by atoms with Gasteiger partial charge in [0.1, 0.15) is 11.6 Å². The monoisotopic (exact) mass is 395 g/mol. The Morgan fingerprint density at radius 3 is 3.00 bits per heavy atom. The Kier molecular flexibility index (Phi) is 5.46. The quantitative estimate of drug-likeness (QED) is 0.674. The van der Waals surface area contributed by atoms with Crippen LogP contribution in [0.5, 0.6) is 5.75 Å². The second-order valence-electron chi connectivity index (χ2n) is 7.07. The fourth-order valence-electron chi connectivity index (χ4n) is 3.55. The molecule has 0 unspecified atom stereocenters. The zero-order valence-corrected chi connectivity index (χ0v) is 15.9. The number of amides is 2. The van der Waals surface area contributed by atoms with Crippen LogP contribution in [0.2, 0.25) is 0 Å². The normalized spacial score (nSPS) is 13.7. The molecular weight excluding hydrogens is 373 g/mol. The molecule has 2 N–H and O–H groups in total. The van der Waals surface area contributed by atoms with Gasteiger partial charge in [-0.1, -0.05) is 18.2 Å². The molecule has 1 aromatic heterocycles. The summed E-state index contributed by atoms with van der Waals surface area (Å²) < 4.78 is 18.9. The Labute approximate surface area is 167 Å². The Bertz CT molecular complexity index is 1050. The maximum absolute atomic E-state index is 13.5. The molecule has 3 aromatic rings. The molecule has 2 aromatic carbocycles. The van der Waals surface area contributed by atoms with Gasteiger partial charge in [0.25, 0.3) is 5.91 Å². The molecule has 2 heterocycles. The molecule has 2 amide bonds. The molecule has 0 aliphatic carbocycles. The highest BCUT2D eigenvalue weighted by molar-refractivity contribution is 5.84. The van der Waals surface area contributed by atoms with E-state index in [1.54, 1.807) is 4.90 Å². The average molecular weight is 395 g/mol. The van der Waals surface area contributed by atoms with Crippen LogP contribution in [0.1, 0.15) is 17.5 Å². The number of halogens is 1. The van der Waals surface area contributed by atoms with E-state index in [1.165, 1.54) is 18.2 Å². The molecule has 0 bridgehead atoms. The molecule has 1 aliphatic rings. The molecule has 0 atom stereocenters. The van der Waals surface area contributed by atoms with Crippen LogP contribution < -0.4 is 10.1 Å². The van der Waals surface area contributed by atoms with Crippen molar-refractivity contribution in [3.05, 3.63) is 65.6 Å². The van der Waals surface area contributed by atoms with E-state index in [1.807, 2.05) is 30.5 Å². The first-order valence-electron chi connectivity index (χ1n) is 9.61. The highest BCUT2D eigenvalue weighted by atomic mass is 19.1. The summed E-state index contributed by atoms with van der Waals surface area (Å²) in [6, 6.07) is 12.2. The van der Waals surface area contributed by atoms with E-state index in [2.05, 4.69) is 10.3 Å². The van der Waals surface area contributed by atoms with Gasteiger partial charge in [-0.3, -0.25) is 9.59 Å². The van der Waals surface area contributed by atoms with Crippen LogP contribution in [0, 0.1) is 5.82 Å². The van der Waals surface area contributed by atoms with E-state index in [0.717, 1.165) is 16.5 Å². The molecule has 29 heavy (non-hydrogen) atoms. The van der Waals surface area contributed by atoms with Crippen molar-refractivity contribution in [3.63, 3.8) is 0 Å². The number of carbonyl (C=O) groups excluding carboxylic acids is 2. The smallest absolute Gasteiger partial charge is 0.260 e. The lowest BCUT2D eigenvalue weighted by atomic mass is 10.1. The first kappa shape index (κ1) is 19.0. The maximum atomic E-state index is 13.5. The molecule has 0 saturated carbocycles. The lowest BCUT2D eigenvalue weighted by Gasteiger charge is -2.20. The predicted molar refractivity (Wildman–Crippen MR) is 107 cm³/mol. The van der Waals surface area contributed by atoms with Gasteiger partial charge >= 0.3 is 0 Å². The third kappa shape index (κ3) is 4.39. The van der Waals surface area contributed by atoms with Crippen molar-refractivity contribution in [2.75, 3.05) is 19.7 Å². The minimum atomic E-state index is -0.368. The van der Waals surface area contributed by atoms with Gasteiger partial charge < -0.3 is 19.9 Å². The minimum Gasteiger partial charge on any atom is -0.483 e. The fourth-order valence-corrected chi connectivity index (χ4v) is 3.55. The number of carbonyl (C=O) groups is 2. The van der Waals surface area contributed by atoms with Crippen LogP contribution >= 0.6 is 0 Å². The highest BCUT2D eigenvalue weighted by Crippen LogP contribution is 2.24. The maximum Gasteiger partial charge on any atom is 0.260 e. The van der Waals surface area contributed by atoms with Gasteiger partial charge in [0, 0.05) is 48.7 Å². The number of nitrogens with one attached hydrogen (secondary N) is 2. The molecule has 0 radical (unpaired) electrons. The number of hydrogen-bond acceptors (Lipinski definition) is 3. The van der Waals surface area contributed by atoms with E-state index in [9.17, 15) is 14.0 Å². The first-order chi connectivity index (χ1) is 14.1. The number of hydrogen-bond donors (Lipinski definition) is 2. The van der Waals surface area contributed by atoms with Gasteiger partial charge in [-0.2, -0.15) is 0 Å². The summed E-state index contributed by atoms with van der Waals surface area (Å²) in [6.45, 7) is 0.852. The number of rotatable bonds is 6. The second kappa shape index (κ2) is 8.34. The summed E-state index contributed by atoms with van der Waals surface area (Å²) >= 11 is 0. The second-order valence-corrected chi connectivity index (χ2v) is 7.07. The van der Waals surface area contributed by atoms with Crippen LogP contribution in [0.15, 0.2) is 48.7 Å².